The molecule has 10 nitrogen and oxygen atoms in total. The highest BCUT2D eigenvalue weighted by Gasteiger charge is 2.25. The lowest BCUT2D eigenvalue weighted by Crippen LogP contribution is -2.47. The number of hydrogen-bond donors (Lipinski definition) is 1. The van der Waals surface area contributed by atoms with E-state index in [1.165, 1.54) is 0 Å². The second kappa shape index (κ2) is 9.92. The summed E-state index contributed by atoms with van der Waals surface area (Å²) in [5.41, 5.74) is 7.14. The SMILES string of the molecule is COc1cc2c(cc1-c1c(C)noc1C)[nH]c1nc(C)nc(-c3ccc(C(=O)N4CCN(C)CC4)c4ncccc34)c12. The first-order chi connectivity index (χ1) is 20.3. The van der Waals surface area contributed by atoms with Crippen molar-refractivity contribution in [2.45, 2.75) is 20.8 Å². The molecule has 0 atom stereocenters. The summed E-state index contributed by atoms with van der Waals surface area (Å²) in [4.78, 5) is 35.7. The summed E-state index contributed by atoms with van der Waals surface area (Å²) in [6, 6.07) is 11.9. The van der Waals surface area contributed by atoms with Crippen molar-refractivity contribution in [2.24, 2.45) is 0 Å². The van der Waals surface area contributed by atoms with Crippen molar-refractivity contribution in [3.8, 4) is 28.1 Å². The minimum Gasteiger partial charge on any atom is -0.496 e. The summed E-state index contributed by atoms with van der Waals surface area (Å²) in [6.45, 7) is 8.81. The minimum absolute atomic E-state index is 0.00560. The Morgan fingerprint density at radius 1 is 1.00 bits per heavy atom. The summed E-state index contributed by atoms with van der Waals surface area (Å²) in [6.07, 6.45) is 1.74. The number of carbonyl (C=O) groups is 1. The fraction of sp³-hybridized carbons (Fsp3) is 0.281. The number of aromatic nitrogens is 5. The van der Waals surface area contributed by atoms with Gasteiger partial charge in [0.1, 0.15) is 23.0 Å². The zero-order valence-electron chi connectivity index (χ0n) is 24.3. The maximum atomic E-state index is 13.6. The Balaban J connectivity index is 1.44. The van der Waals surface area contributed by atoms with E-state index < -0.39 is 0 Å². The van der Waals surface area contributed by atoms with Gasteiger partial charge >= 0.3 is 0 Å². The van der Waals surface area contributed by atoms with Crippen LogP contribution in [0, 0.1) is 20.8 Å². The lowest BCUT2D eigenvalue weighted by Gasteiger charge is -2.32. The van der Waals surface area contributed by atoms with Gasteiger partial charge in [-0.25, -0.2) is 9.97 Å². The van der Waals surface area contributed by atoms with Crippen LogP contribution in [0.25, 0.3) is 55.2 Å². The van der Waals surface area contributed by atoms with Crippen LogP contribution in [0.1, 0.15) is 27.6 Å². The highest BCUT2D eigenvalue weighted by Crippen LogP contribution is 2.42. The first-order valence-corrected chi connectivity index (χ1v) is 14.0. The molecule has 1 amide bonds. The zero-order valence-corrected chi connectivity index (χ0v) is 24.3. The molecule has 0 bridgehead atoms. The highest BCUT2D eigenvalue weighted by atomic mass is 16.5. The second-order valence-corrected chi connectivity index (χ2v) is 10.9. The normalized spacial score (nSPS) is 14.4. The number of nitrogens with zero attached hydrogens (tertiary/aromatic N) is 6. The molecule has 1 saturated heterocycles. The monoisotopic (exact) mass is 561 g/mol. The largest absolute Gasteiger partial charge is 0.496 e. The van der Waals surface area contributed by atoms with E-state index in [2.05, 4.69) is 28.2 Å². The maximum absolute atomic E-state index is 13.6. The van der Waals surface area contributed by atoms with Crippen LogP contribution in [0.3, 0.4) is 0 Å². The van der Waals surface area contributed by atoms with Crippen LogP contribution in [0.15, 0.2) is 47.1 Å². The number of hydrogen-bond acceptors (Lipinski definition) is 8. The number of pyridine rings is 1. The van der Waals surface area contributed by atoms with Gasteiger partial charge in [-0.15, -0.1) is 0 Å². The number of aryl methyl sites for hydroxylation is 3. The average molecular weight is 562 g/mol. The van der Waals surface area contributed by atoms with Crippen molar-refractivity contribution in [2.75, 3.05) is 40.3 Å². The van der Waals surface area contributed by atoms with Gasteiger partial charge in [0.15, 0.2) is 0 Å². The fourth-order valence-electron chi connectivity index (χ4n) is 6.09. The van der Waals surface area contributed by atoms with Crippen molar-refractivity contribution in [1.82, 2.24) is 34.9 Å². The van der Waals surface area contributed by atoms with Crippen LogP contribution in [0.2, 0.25) is 0 Å². The molecular formula is C32H31N7O3. The molecule has 10 heteroatoms. The fourth-order valence-corrected chi connectivity index (χ4v) is 6.09. The highest BCUT2D eigenvalue weighted by molar-refractivity contribution is 6.17. The van der Waals surface area contributed by atoms with E-state index in [9.17, 15) is 4.79 Å². The van der Waals surface area contributed by atoms with Crippen molar-refractivity contribution in [3.05, 3.63) is 65.4 Å². The topological polar surface area (TPSA) is 113 Å². The van der Waals surface area contributed by atoms with Gasteiger partial charge in [0.05, 0.1) is 40.5 Å². The van der Waals surface area contributed by atoms with Crippen LogP contribution in [-0.4, -0.2) is 81.1 Å². The van der Waals surface area contributed by atoms with E-state index in [1.807, 2.05) is 56.0 Å². The Kier molecular flexibility index (Phi) is 6.16. The maximum Gasteiger partial charge on any atom is 0.256 e. The second-order valence-electron chi connectivity index (χ2n) is 10.9. The summed E-state index contributed by atoms with van der Waals surface area (Å²) in [7, 11) is 3.74. The first-order valence-electron chi connectivity index (χ1n) is 14.0. The number of rotatable bonds is 4. The molecule has 0 aliphatic carbocycles. The molecule has 1 N–H and O–H groups in total. The van der Waals surface area contributed by atoms with Gasteiger partial charge in [0.2, 0.25) is 0 Å². The number of likely N-dealkylation sites (N-methyl/N-ethyl adjacent to an activating group) is 1. The first kappa shape index (κ1) is 26.1. The smallest absolute Gasteiger partial charge is 0.256 e. The molecule has 1 fully saturated rings. The molecule has 5 heterocycles. The van der Waals surface area contributed by atoms with Crippen LogP contribution in [-0.2, 0) is 0 Å². The number of aromatic amines is 1. The number of carbonyl (C=O) groups excluding carboxylic acids is 1. The number of H-pyrrole nitrogens is 1. The third kappa shape index (κ3) is 4.09. The van der Waals surface area contributed by atoms with E-state index in [-0.39, 0.29) is 5.91 Å². The van der Waals surface area contributed by atoms with Crippen molar-refractivity contribution in [3.63, 3.8) is 0 Å². The Morgan fingerprint density at radius 3 is 2.55 bits per heavy atom. The van der Waals surface area contributed by atoms with Gasteiger partial charge in [-0.3, -0.25) is 9.78 Å². The molecule has 4 aromatic heterocycles. The lowest BCUT2D eigenvalue weighted by molar-refractivity contribution is 0.0666. The molecule has 0 unspecified atom stereocenters. The van der Waals surface area contributed by atoms with Gasteiger partial charge in [-0.1, -0.05) is 17.3 Å². The van der Waals surface area contributed by atoms with Crippen LogP contribution in [0.5, 0.6) is 5.75 Å². The van der Waals surface area contributed by atoms with E-state index in [0.717, 1.165) is 74.3 Å². The Morgan fingerprint density at radius 2 is 1.81 bits per heavy atom. The summed E-state index contributed by atoms with van der Waals surface area (Å²) < 4.78 is 11.3. The molecule has 7 rings (SSSR count). The van der Waals surface area contributed by atoms with Gasteiger partial charge in [-0.2, -0.15) is 0 Å². The Bertz CT molecular complexity index is 2000. The van der Waals surface area contributed by atoms with Gasteiger partial charge in [0, 0.05) is 59.8 Å². The summed E-state index contributed by atoms with van der Waals surface area (Å²) in [5, 5.41) is 6.82. The number of piperazine rings is 1. The average Bonchev–Trinajstić information content (AvgIpc) is 3.52. The number of nitrogens with one attached hydrogen (secondary N) is 1. The van der Waals surface area contributed by atoms with Crippen LogP contribution < -0.4 is 4.74 Å². The molecule has 2 aromatic carbocycles. The molecule has 1 aliphatic rings. The van der Waals surface area contributed by atoms with E-state index >= 15 is 0 Å². The van der Waals surface area contributed by atoms with Crippen LogP contribution in [0.4, 0.5) is 0 Å². The van der Waals surface area contributed by atoms with Crippen molar-refractivity contribution >= 4 is 38.7 Å². The number of benzene rings is 2. The predicted molar refractivity (Wildman–Crippen MR) is 162 cm³/mol. The van der Waals surface area contributed by atoms with Crippen molar-refractivity contribution in [1.29, 1.82) is 0 Å². The summed E-state index contributed by atoms with van der Waals surface area (Å²) in [5.74, 6) is 2.06. The van der Waals surface area contributed by atoms with E-state index in [1.54, 1.807) is 13.3 Å². The third-order valence-corrected chi connectivity index (χ3v) is 8.23. The minimum atomic E-state index is 0.00560. The third-order valence-electron chi connectivity index (χ3n) is 8.23. The van der Waals surface area contributed by atoms with Gasteiger partial charge in [0.25, 0.3) is 5.91 Å². The summed E-state index contributed by atoms with van der Waals surface area (Å²) >= 11 is 0. The van der Waals surface area contributed by atoms with Gasteiger partial charge < -0.3 is 24.0 Å². The molecule has 1 aliphatic heterocycles. The Labute approximate surface area is 242 Å². The molecule has 0 radical (unpaired) electrons. The number of ether oxygens (including phenoxy) is 1. The molecule has 0 spiro atoms. The predicted octanol–water partition coefficient (Wildman–Crippen LogP) is 5.30. The molecule has 212 valence electrons. The molecular weight excluding hydrogens is 530 g/mol. The molecule has 0 saturated carbocycles. The molecule has 42 heavy (non-hydrogen) atoms. The van der Waals surface area contributed by atoms with Crippen molar-refractivity contribution < 1.29 is 14.1 Å². The number of methoxy groups -OCH3 is 1. The van der Waals surface area contributed by atoms with Crippen LogP contribution >= 0.6 is 0 Å². The number of amides is 1. The quantitative estimate of drug-likeness (QED) is 0.308. The number of fused-ring (bicyclic) bond motifs is 4. The van der Waals surface area contributed by atoms with Gasteiger partial charge in [-0.05, 0) is 52.1 Å². The zero-order chi connectivity index (χ0) is 29.1. The lowest BCUT2D eigenvalue weighted by atomic mass is 9.97. The molecule has 6 aromatic rings. The van der Waals surface area contributed by atoms with E-state index in [0.29, 0.717) is 35.7 Å². The Hall–Kier alpha value is -4.83. The standard InChI is InChI=1S/C32H31N7O3/c1-17-27(18(2)42-37-17)24-15-25-23(16-26(24)41-5)28-30(34-19(3)35-31(28)36-25)21-8-9-22(29-20(21)7-6-10-33-29)32(40)39-13-11-38(4)12-14-39/h6-10,15-16H,11-14H2,1-5H3,(H,34,35,36). The van der Waals surface area contributed by atoms with E-state index in [4.69, 9.17) is 24.2 Å².